The highest BCUT2D eigenvalue weighted by Crippen LogP contribution is 2.38. The van der Waals surface area contributed by atoms with Crippen LogP contribution in [0.25, 0.3) is 5.69 Å². The van der Waals surface area contributed by atoms with Crippen molar-refractivity contribution in [2.45, 2.75) is 25.3 Å². The number of nitrogens with one attached hydrogen (secondary N) is 1. The number of hydrogen-bond donors (Lipinski definition) is 2. The Morgan fingerprint density at radius 2 is 1.71 bits per heavy atom. The maximum Gasteiger partial charge on any atom is 0.435 e. The summed E-state index contributed by atoms with van der Waals surface area (Å²) in [4.78, 5) is 12.1. The molecule has 1 aromatic carbocycles. The Morgan fingerprint density at radius 3 is 2.14 bits per heavy atom. The lowest BCUT2D eigenvalue weighted by Crippen LogP contribution is -2.35. The number of aromatic nitrogens is 2. The highest BCUT2D eigenvalue weighted by molar-refractivity contribution is 6.37. The van der Waals surface area contributed by atoms with Crippen LogP contribution in [0.3, 0.4) is 0 Å². The van der Waals surface area contributed by atoms with Gasteiger partial charge in [0.25, 0.3) is 5.91 Å². The number of carbonyl (C=O) groups excluding carboxylic acids is 1. The van der Waals surface area contributed by atoms with Crippen LogP contribution in [0.4, 0.5) is 26.3 Å². The molecule has 0 bridgehead atoms. The summed E-state index contributed by atoms with van der Waals surface area (Å²) >= 11 is 11.6. The highest BCUT2D eigenvalue weighted by Gasteiger charge is 2.40. The number of aliphatic hydroxyl groups excluding tert-OH is 1. The topological polar surface area (TPSA) is 67.2 Å². The van der Waals surface area contributed by atoms with Crippen LogP contribution >= 0.6 is 23.2 Å². The number of amides is 1. The average Bonchev–Trinajstić information content (AvgIpc) is 2.98. The number of alkyl halides is 6. The monoisotopic (exact) mass is 449 g/mol. The molecule has 0 saturated carbocycles. The van der Waals surface area contributed by atoms with Crippen LogP contribution in [0, 0.1) is 0 Å². The van der Waals surface area contributed by atoms with Gasteiger partial charge >= 0.3 is 12.4 Å². The first-order valence-electron chi connectivity index (χ1n) is 7.41. The van der Waals surface area contributed by atoms with E-state index in [4.69, 9.17) is 28.3 Å². The summed E-state index contributed by atoms with van der Waals surface area (Å²) in [6.07, 6.45) is -9.19. The van der Waals surface area contributed by atoms with Crippen molar-refractivity contribution in [1.29, 1.82) is 0 Å². The van der Waals surface area contributed by atoms with E-state index in [-0.39, 0.29) is 0 Å². The molecule has 2 N–H and O–H groups in total. The van der Waals surface area contributed by atoms with Gasteiger partial charge in [0.05, 0.1) is 27.8 Å². The molecule has 0 radical (unpaired) electrons. The largest absolute Gasteiger partial charge is 0.435 e. The third-order valence-electron chi connectivity index (χ3n) is 3.45. The molecule has 154 valence electrons. The number of nitrogens with zero attached hydrogens (tertiary/aromatic N) is 2. The molecule has 28 heavy (non-hydrogen) atoms. The summed E-state index contributed by atoms with van der Waals surface area (Å²) in [6.45, 7) is 0.816. The van der Waals surface area contributed by atoms with Crippen LogP contribution in [0.1, 0.15) is 28.5 Å². The number of hydrogen-bond acceptors (Lipinski definition) is 3. The van der Waals surface area contributed by atoms with Gasteiger partial charge in [-0.3, -0.25) is 4.79 Å². The second kappa shape index (κ2) is 7.80. The molecule has 0 fully saturated rings. The van der Waals surface area contributed by atoms with Crippen LogP contribution in [0.5, 0.6) is 0 Å². The van der Waals surface area contributed by atoms with Gasteiger partial charge in [0.2, 0.25) is 0 Å². The fourth-order valence-electron chi connectivity index (χ4n) is 2.16. The van der Waals surface area contributed by atoms with Gasteiger partial charge in [0, 0.05) is 12.2 Å². The van der Waals surface area contributed by atoms with E-state index in [9.17, 15) is 31.1 Å². The Bertz CT molecular complexity index is 872. The van der Waals surface area contributed by atoms with Crippen molar-refractivity contribution >= 4 is 29.1 Å². The van der Waals surface area contributed by atoms with Crippen LogP contribution in [-0.2, 0) is 12.4 Å². The lowest BCUT2D eigenvalue weighted by atomic mass is 10.2. The Kier molecular flexibility index (Phi) is 6.22. The Morgan fingerprint density at radius 1 is 1.18 bits per heavy atom. The number of halogens is 8. The van der Waals surface area contributed by atoms with Crippen molar-refractivity contribution in [3.8, 4) is 5.69 Å². The van der Waals surface area contributed by atoms with Crippen LogP contribution in [-0.4, -0.2) is 33.4 Å². The maximum atomic E-state index is 13.3. The van der Waals surface area contributed by atoms with Gasteiger partial charge in [-0.15, -0.1) is 0 Å². The molecule has 13 heteroatoms. The predicted octanol–water partition coefficient (Wildman–Crippen LogP) is 4.33. The summed E-state index contributed by atoms with van der Waals surface area (Å²) in [7, 11) is 0. The first-order chi connectivity index (χ1) is 12.8. The van der Waals surface area contributed by atoms with E-state index in [0.29, 0.717) is 23.0 Å². The second-order valence-electron chi connectivity index (χ2n) is 5.68. The van der Waals surface area contributed by atoms with Gasteiger partial charge < -0.3 is 10.4 Å². The Hall–Kier alpha value is -1.98. The van der Waals surface area contributed by atoms with Gasteiger partial charge in [0.1, 0.15) is 5.69 Å². The van der Waals surface area contributed by atoms with Gasteiger partial charge in [-0.25, -0.2) is 4.68 Å². The van der Waals surface area contributed by atoms with E-state index in [1.165, 1.54) is 6.92 Å². The quantitative estimate of drug-likeness (QED) is 0.682. The van der Waals surface area contributed by atoms with E-state index in [2.05, 4.69) is 10.4 Å². The SMILES string of the molecule is CC(CO)NC(=O)c1cn(-c2c(Cl)cc(C(F)(F)F)cc2Cl)nc1C(F)(F)F. The van der Waals surface area contributed by atoms with E-state index in [1.54, 1.807) is 0 Å². The zero-order valence-electron chi connectivity index (χ0n) is 13.8. The number of rotatable bonds is 4. The minimum Gasteiger partial charge on any atom is -0.394 e. The van der Waals surface area contributed by atoms with Gasteiger partial charge in [-0.2, -0.15) is 31.4 Å². The Balaban J connectivity index is 2.61. The van der Waals surface area contributed by atoms with E-state index in [1.807, 2.05) is 0 Å². The summed E-state index contributed by atoms with van der Waals surface area (Å²) in [5.74, 6) is -1.20. The van der Waals surface area contributed by atoms with E-state index in [0.717, 1.165) is 0 Å². The average molecular weight is 450 g/mol. The molecule has 0 aliphatic rings. The fraction of sp³-hybridized carbons (Fsp3) is 0.333. The summed E-state index contributed by atoms with van der Waals surface area (Å²) < 4.78 is 78.7. The summed E-state index contributed by atoms with van der Waals surface area (Å²) in [6, 6.07) is 0.103. The zero-order valence-corrected chi connectivity index (χ0v) is 15.3. The fourth-order valence-corrected chi connectivity index (χ4v) is 2.82. The van der Waals surface area contributed by atoms with Crippen LogP contribution in [0.2, 0.25) is 10.0 Å². The first kappa shape index (κ1) is 22.3. The number of aliphatic hydroxyl groups is 1. The molecule has 1 heterocycles. The predicted molar refractivity (Wildman–Crippen MR) is 87.6 cm³/mol. The van der Waals surface area contributed by atoms with Gasteiger partial charge in [0.15, 0.2) is 5.69 Å². The molecule has 5 nitrogen and oxygen atoms in total. The van der Waals surface area contributed by atoms with Crippen LogP contribution < -0.4 is 5.32 Å². The normalized spacial score (nSPS) is 13.5. The molecular formula is C15H11Cl2F6N3O2. The molecule has 0 aliphatic carbocycles. The maximum absolute atomic E-state index is 13.3. The summed E-state index contributed by atoms with van der Waals surface area (Å²) in [5, 5.41) is 13.0. The van der Waals surface area contributed by atoms with Crippen LogP contribution in [0.15, 0.2) is 18.3 Å². The van der Waals surface area contributed by atoms with Crippen molar-refractivity contribution < 1.29 is 36.2 Å². The van der Waals surface area contributed by atoms with Gasteiger partial charge in [-0.1, -0.05) is 23.2 Å². The minimum atomic E-state index is -5.05. The molecule has 1 amide bonds. The highest BCUT2D eigenvalue weighted by atomic mass is 35.5. The third-order valence-corrected chi connectivity index (χ3v) is 4.03. The minimum absolute atomic E-state index is 0.462. The van der Waals surface area contributed by atoms with E-state index < -0.39 is 63.5 Å². The molecule has 1 atom stereocenters. The molecule has 2 rings (SSSR count). The molecular weight excluding hydrogens is 439 g/mol. The zero-order chi connectivity index (χ0) is 21.4. The Labute approximate surface area is 163 Å². The molecule has 1 aromatic heterocycles. The molecule has 0 aliphatic heterocycles. The first-order valence-corrected chi connectivity index (χ1v) is 8.16. The van der Waals surface area contributed by atoms with Crippen molar-refractivity contribution in [1.82, 2.24) is 15.1 Å². The lowest BCUT2D eigenvalue weighted by Gasteiger charge is -2.12. The van der Waals surface area contributed by atoms with Crippen molar-refractivity contribution in [2.24, 2.45) is 0 Å². The van der Waals surface area contributed by atoms with Crippen molar-refractivity contribution in [3.63, 3.8) is 0 Å². The second-order valence-corrected chi connectivity index (χ2v) is 6.49. The molecule has 2 aromatic rings. The van der Waals surface area contributed by atoms with Crippen molar-refractivity contribution in [3.05, 3.63) is 45.2 Å². The number of carbonyl (C=O) groups is 1. The smallest absolute Gasteiger partial charge is 0.394 e. The van der Waals surface area contributed by atoms with E-state index >= 15 is 0 Å². The third kappa shape index (κ3) is 4.70. The lowest BCUT2D eigenvalue weighted by molar-refractivity contribution is -0.141. The van der Waals surface area contributed by atoms with Crippen molar-refractivity contribution in [2.75, 3.05) is 6.61 Å². The molecule has 1 unspecified atom stereocenters. The van der Waals surface area contributed by atoms with Gasteiger partial charge in [-0.05, 0) is 19.1 Å². The standard InChI is InChI=1S/C15H11Cl2F6N3O2/c1-6(5-27)24-13(28)8-4-26(25-12(8)15(21,22)23)11-9(16)2-7(3-10(11)17)14(18,19)20/h2-4,6,27H,5H2,1H3,(H,24,28). The number of benzene rings is 1. The summed E-state index contributed by atoms with van der Waals surface area (Å²) in [5.41, 5.74) is -4.18. The molecule has 0 saturated heterocycles. The molecule has 0 spiro atoms.